The summed E-state index contributed by atoms with van der Waals surface area (Å²) in [5.74, 6) is 1.05. The average molecular weight is 412 g/mol. The lowest BCUT2D eigenvalue weighted by Gasteiger charge is -2.23. The molecule has 0 saturated carbocycles. The van der Waals surface area contributed by atoms with Crippen LogP contribution < -0.4 is 14.4 Å². The van der Waals surface area contributed by atoms with Gasteiger partial charge in [0.1, 0.15) is 23.8 Å². The van der Waals surface area contributed by atoms with Crippen molar-refractivity contribution in [2.24, 2.45) is 0 Å². The van der Waals surface area contributed by atoms with Crippen molar-refractivity contribution in [3.05, 3.63) is 47.4 Å². The van der Waals surface area contributed by atoms with Gasteiger partial charge in [-0.2, -0.15) is 0 Å². The van der Waals surface area contributed by atoms with Crippen LogP contribution in [-0.2, 0) is 11.2 Å². The molecule has 0 bridgehead atoms. The van der Waals surface area contributed by atoms with Crippen molar-refractivity contribution >= 4 is 11.5 Å². The molecule has 7 heteroatoms. The molecule has 0 radical (unpaired) electrons. The van der Waals surface area contributed by atoms with Crippen LogP contribution in [0.2, 0.25) is 0 Å². The van der Waals surface area contributed by atoms with Crippen LogP contribution >= 0.6 is 0 Å². The fourth-order valence-corrected chi connectivity index (χ4v) is 4.40. The smallest absolute Gasteiger partial charge is 0.213 e. The molecule has 6 nitrogen and oxygen atoms in total. The summed E-state index contributed by atoms with van der Waals surface area (Å²) in [7, 11) is 0. The number of rotatable bonds is 5. The van der Waals surface area contributed by atoms with E-state index in [1.807, 2.05) is 18.2 Å². The van der Waals surface area contributed by atoms with Crippen LogP contribution in [-0.4, -0.2) is 49.3 Å². The number of ether oxygens (including phenoxy) is 3. The Bertz CT molecular complexity index is 928. The number of benzene rings is 1. The van der Waals surface area contributed by atoms with Gasteiger partial charge >= 0.3 is 0 Å². The van der Waals surface area contributed by atoms with Crippen LogP contribution in [0.25, 0.3) is 0 Å². The second-order valence-electron chi connectivity index (χ2n) is 8.11. The highest BCUT2D eigenvalue weighted by Crippen LogP contribution is 2.32. The first-order chi connectivity index (χ1) is 14.7. The number of anilines is 1. The summed E-state index contributed by atoms with van der Waals surface area (Å²) < 4.78 is 31.7. The van der Waals surface area contributed by atoms with E-state index in [1.165, 1.54) is 0 Å². The van der Waals surface area contributed by atoms with Crippen LogP contribution in [0.1, 0.15) is 41.6 Å². The van der Waals surface area contributed by atoms with Crippen molar-refractivity contribution in [2.75, 3.05) is 31.2 Å². The topological polar surface area (TPSA) is 60.9 Å². The maximum atomic E-state index is 14.4. The summed E-state index contributed by atoms with van der Waals surface area (Å²) in [6.45, 7) is 2.86. The summed E-state index contributed by atoms with van der Waals surface area (Å²) in [5, 5.41) is 0. The first-order valence-electron chi connectivity index (χ1n) is 10.6. The number of Topliss-reactive ketones (excluding diaryl/α,β-unsaturated/α-hetero) is 1. The van der Waals surface area contributed by atoms with E-state index in [2.05, 4.69) is 9.88 Å². The maximum absolute atomic E-state index is 14.4. The predicted octanol–water partition coefficient (Wildman–Crippen LogP) is 3.57. The Morgan fingerprint density at radius 1 is 1.07 bits per heavy atom. The molecular formula is C23H25FN2O4. The molecule has 2 aromatic rings. The number of hydrogen-bond donors (Lipinski definition) is 0. The number of carbonyl (C=O) groups is 1. The van der Waals surface area contributed by atoms with E-state index < -0.39 is 0 Å². The zero-order valence-corrected chi connectivity index (χ0v) is 16.8. The van der Waals surface area contributed by atoms with Crippen molar-refractivity contribution in [1.29, 1.82) is 0 Å². The number of ketones is 1. The molecule has 2 saturated heterocycles. The van der Waals surface area contributed by atoms with Crippen LogP contribution in [0.3, 0.4) is 0 Å². The summed E-state index contributed by atoms with van der Waals surface area (Å²) in [5.41, 5.74) is 1.86. The van der Waals surface area contributed by atoms with Gasteiger partial charge in [0.05, 0.1) is 26.0 Å². The molecule has 3 aliphatic rings. The van der Waals surface area contributed by atoms with Gasteiger partial charge in [-0.1, -0.05) is 0 Å². The van der Waals surface area contributed by atoms with Crippen LogP contribution in [0.4, 0.5) is 10.1 Å². The Balaban J connectivity index is 1.19. The molecular weight excluding hydrogens is 387 g/mol. The van der Waals surface area contributed by atoms with E-state index in [0.29, 0.717) is 42.1 Å². The molecule has 0 amide bonds. The Hall–Kier alpha value is -2.67. The number of pyridine rings is 1. The highest BCUT2D eigenvalue weighted by atomic mass is 19.1. The lowest BCUT2D eigenvalue weighted by atomic mass is 10.1. The lowest BCUT2D eigenvalue weighted by molar-refractivity contribution is 0.0236. The van der Waals surface area contributed by atoms with Gasteiger partial charge < -0.3 is 19.1 Å². The molecule has 1 aliphatic carbocycles. The molecule has 30 heavy (non-hydrogen) atoms. The highest BCUT2D eigenvalue weighted by molar-refractivity contribution is 6.01. The van der Waals surface area contributed by atoms with Gasteiger partial charge in [0.15, 0.2) is 5.78 Å². The van der Waals surface area contributed by atoms with Gasteiger partial charge in [0.25, 0.3) is 0 Å². The maximum Gasteiger partial charge on any atom is 0.213 e. The lowest BCUT2D eigenvalue weighted by Crippen LogP contribution is -2.26. The summed E-state index contributed by atoms with van der Waals surface area (Å²) >= 11 is 0. The van der Waals surface area contributed by atoms with Crippen molar-refractivity contribution in [3.8, 4) is 11.6 Å². The second-order valence-corrected chi connectivity index (χ2v) is 8.11. The Labute approximate surface area is 174 Å². The number of aromatic nitrogens is 1. The standard InChI is InChI=1S/C23H25FN2O4/c24-21-12-15(11-20-19(21)2-3-22(20)27)26-8-5-18(14-26)29-17-1-4-23(25-13-17)30-16-6-9-28-10-7-16/h1,4,11-13,16,18H,2-3,5-10,14H2/t18-/m1/s1. The largest absolute Gasteiger partial charge is 0.487 e. The number of halogens is 1. The van der Waals surface area contributed by atoms with Crippen molar-refractivity contribution in [1.82, 2.24) is 4.98 Å². The van der Waals surface area contributed by atoms with E-state index in [9.17, 15) is 9.18 Å². The number of hydrogen-bond acceptors (Lipinski definition) is 6. The fraction of sp³-hybridized carbons (Fsp3) is 0.478. The third-order valence-corrected chi connectivity index (χ3v) is 6.06. The van der Waals surface area contributed by atoms with Gasteiger partial charge in [-0.25, -0.2) is 9.37 Å². The molecule has 2 aliphatic heterocycles. The highest BCUT2D eigenvalue weighted by Gasteiger charge is 2.29. The van der Waals surface area contributed by atoms with Crippen LogP contribution in [0.15, 0.2) is 30.5 Å². The number of fused-ring (bicyclic) bond motifs is 1. The molecule has 2 fully saturated rings. The zero-order valence-electron chi connectivity index (χ0n) is 16.8. The first-order valence-corrected chi connectivity index (χ1v) is 10.6. The van der Waals surface area contributed by atoms with Gasteiger partial charge in [0.2, 0.25) is 5.88 Å². The van der Waals surface area contributed by atoms with Crippen LogP contribution in [0.5, 0.6) is 11.6 Å². The molecule has 1 aromatic carbocycles. The first kappa shape index (κ1) is 19.3. The van der Waals surface area contributed by atoms with Crippen molar-refractivity contribution < 1.29 is 23.4 Å². The Morgan fingerprint density at radius 2 is 1.93 bits per heavy atom. The predicted molar refractivity (Wildman–Crippen MR) is 109 cm³/mol. The van der Waals surface area contributed by atoms with E-state index in [-0.39, 0.29) is 23.8 Å². The summed E-state index contributed by atoms with van der Waals surface area (Å²) in [4.78, 5) is 18.5. The Morgan fingerprint density at radius 3 is 2.73 bits per heavy atom. The Kier molecular flexibility index (Phi) is 5.29. The zero-order chi connectivity index (χ0) is 20.5. The molecule has 0 spiro atoms. The van der Waals surface area contributed by atoms with E-state index in [1.54, 1.807) is 12.3 Å². The molecule has 1 aromatic heterocycles. The average Bonchev–Trinajstić information content (AvgIpc) is 3.38. The van der Waals surface area contributed by atoms with E-state index >= 15 is 0 Å². The summed E-state index contributed by atoms with van der Waals surface area (Å²) in [6.07, 6.45) is 5.33. The molecule has 158 valence electrons. The molecule has 1 atom stereocenters. The molecule has 0 unspecified atom stereocenters. The minimum Gasteiger partial charge on any atom is -0.487 e. The van der Waals surface area contributed by atoms with Crippen molar-refractivity contribution in [3.63, 3.8) is 0 Å². The van der Waals surface area contributed by atoms with Gasteiger partial charge in [-0.3, -0.25) is 4.79 Å². The number of carbonyl (C=O) groups excluding carboxylic acids is 1. The third kappa shape index (κ3) is 3.99. The minimum absolute atomic E-state index is 0.0129. The van der Waals surface area contributed by atoms with Crippen LogP contribution in [0, 0.1) is 5.82 Å². The number of nitrogens with zero attached hydrogens (tertiary/aromatic N) is 2. The second kappa shape index (κ2) is 8.22. The van der Waals surface area contributed by atoms with Gasteiger partial charge in [-0.15, -0.1) is 0 Å². The third-order valence-electron chi connectivity index (χ3n) is 6.06. The molecule has 3 heterocycles. The van der Waals surface area contributed by atoms with Crippen molar-refractivity contribution in [2.45, 2.75) is 44.3 Å². The van der Waals surface area contributed by atoms with E-state index in [0.717, 1.165) is 44.7 Å². The molecule has 0 N–H and O–H groups in total. The normalized spacial score (nSPS) is 21.7. The summed E-state index contributed by atoms with van der Waals surface area (Å²) in [6, 6.07) is 7.08. The molecule has 5 rings (SSSR count). The monoisotopic (exact) mass is 412 g/mol. The van der Waals surface area contributed by atoms with E-state index in [4.69, 9.17) is 14.2 Å². The van der Waals surface area contributed by atoms with Gasteiger partial charge in [0, 0.05) is 49.5 Å². The van der Waals surface area contributed by atoms with Gasteiger partial charge in [-0.05, 0) is 30.2 Å². The quantitative estimate of drug-likeness (QED) is 0.748. The fourth-order valence-electron chi connectivity index (χ4n) is 4.40. The minimum atomic E-state index is -0.276. The SMILES string of the molecule is O=C1CCc2c(F)cc(N3CC[C@@H](Oc4ccc(OC5CCOCC5)nc4)C3)cc21.